The summed E-state index contributed by atoms with van der Waals surface area (Å²) in [6, 6.07) is 9.27. The van der Waals surface area contributed by atoms with Gasteiger partial charge in [0.25, 0.3) is 5.91 Å². The lowest BCUT2D eigenvalue weighted by Crippen LogP contribution is -2.16. The highest BCUT2D eigenvalue weighted by Gasteiger charge is 2.14. The van der Waals surface area contributed by atoms with Crippen molar-refractivity contribution >= 4 is 45.7 Å². The van der Waals surface area contributed by atoms with E-state index in [4.69, 9.17) is 4.42 Å². The summed E-state index contributed by atoms with van der Waals surface area (Å²) < 4.78 is 5.64. The molecular weight excluding hydrogens is 396 g/mol. The number of aryl methyl sites for hydroxylation is 2. The van der Waals surface area contributed by atoms with Crippen LogP contribution in [0.15, 0.2) is 45.4 Å². The summed E-state index contributed by atoms with van der Waals surface area (Å²) in [4.78, 5) is 24.3. The molecule has 3 aromatic rings. The fraction of sp³-hybridized carbons (Fsp3) is 0.263. The molecule has 0 radical (unpaired) electrons. The molecule has 3 rings (SSSR count). The van der Waals surface area contributed by atoms with E-state index in [1.54, 1.807) is 12.1 Å². The van der Waals surface area contributed by atoms with Crippen molar-refractivity contribution in [1.29, 1.82) is 0 Å². The van der Waals surface area contributed by atoms with Gasteiger partial charge in [-0.05, 0) is 36.1 Å². The zero-order chi connectivity index (χ0) is 19.9. The molecule has 1 aromatic carbocycles. The summed E-state index contributed by atoms with van der Waals surface area (Å²) in [5.41, 5.74) is 3.15. The topological polar surface area (TPSA) is 97.1 Å². The quantitative estimate of drug-likeness (QED) is 0.421. The number of hydrogen-bond donors (Lipinski definition) is 2. The molecule has 146 valence electrons. The van der Waals surface area contributed by atoms with Crippen molar-refractivity contribution in [3.05, 3.63) is 53.5 Å². The van der Waals surface area contributed by atoms with E-state index in [0.717, 1.165) is 29.7 Å². The lowest BCUT2D eigenvalue weighted by atomic mass is 10.0. The monoisotopic (exact) mass is 416 g/mol. The number of thioether (sulfide) groups is 1. The summed E-state index contributed by atoms with van der Waals surface area (Å²) >= 11 is 2.49. The molecule has 0 saturated heterocycles. The molecule has 2 amide bonds. The van der Waals surface area contributed by atoms with E-state index >= 15 is 0 Å². The van der Waals surface area contributed by atoms with E-state index in [1.165, 1.54) is 29.4 Å². The van der Waals surface area contributed by atoms with Crippen LogP contribution in [0.2, 0.25) is 0 Å². The van der Waals surface area contributed by atoms with Crippen molar-refractivity contribution in [1.82, 2.24) is 10.2 Å². The molecule has 0 aliphatic rings. The van der Waals surface area contributed by atoms with Gasteiger partial charge in [-0.25, -0.2) is 0 Å². The van der Waals surface area contributed by atoms with Gasteiger partial charge >= 0.3 is 0 Å². The average molecular weight is 417 g/mol. The third kappa shape index (κ3) is 4.99. The predicted molar refractivity (Wildman–Crippen MR) is 111 cm³/mol. The number of aromatic nitrogens is 2. The summed E-state index contributed by atoms with van der Waals surface area (Å²) in [5, 5.41) is 13.9. The van der Waals surface area contributed by atoms with Gasteiger partial charge in [0, 0.05) is 5.69 Å². The molecule has 2 aromatic heterocycles. The first-order valence-electron chi connectivity index (χ1n) is 8.82. The highest BCUT2D eigenvalue weighted by atomic mass is 32.2. The molecule has 2 N–H and O–H groups in total. The smallest absolute Gasteiger partial charge is 0.293 e. The number of hydrogen-bond acceptors (Lipinski definition) is 7. The second-order valence-electron chi connectivity index (χ2n) is 5.80. The second kappa shape index (κ2) is 9.52. The third-order valence-corrected chi connectivity index (χ3v) is 5.93. The van der Waals surface area contributed by atoms with Crippen LogP contribution >= 0.6 is 23.1 Å². The van der Waals surface area contributed by atoms with Crippen molar-refractivity contribution < 1.29 is 14.0 Å². The van der Waals surface area contributed by atoms with E-state index in [2.05, 4.69) is 34.7 Å². The van der Waals surface area contributed by atoms with Crippen LogP contribution in [-0.2, 0) is 17.6 Å². The lowest BCUT2D eigenvalue weighted by molar-refractivity contribution is -0.113. The van der Waals surface area contributed by atoms with Gasteiger partial charge in [-0.2, -0.15) is 0 Å². The molecule has 0 atom stereocenters. The summed E-state index contributed by atoms with van der Waals surface area (Å²) in [6.45, 7) is 4.14. The fourth-order valence-electron chi connectivity index (χ4n) is 2.59. The van der Waals surface area contributed by atoms with Gasteiger partial charge in [0.2, 0.25) is 11.0 Å². The number of nitrogens with zero attached hydrogens (tertiary/aromatic N) is 2. The SMILES string of the molecule is CCc1cccc(CC)c1NC(=O)CSc1nnc(NC(=O)c2ccco2)s1. The molecule has 0 saturated carbocycles. The molecule has 9 heteroatoms. The molecule has 0 bridgehead atoms. The molecule has 0 unspecified atom stereocenters. The second-order valence-corrected chi connectivity index (χ2v) is 8.00. The minimum absolute atomic E-state index is 0.100. The standard InChI is InChI=1S/C19H20N4O3S2/c1-3-12-7-5-8-13(4-2)16(12)20-15(24)11-27-19-23-22-18(28-19)21-17(25)14-9-6-10-26-14/h5-10H,3-4,11H2,1-2H3,(H,20,24)(H,21,22,25). The third-order valence-electron chi connectivity index (χ3n) is 3.96. The van der Waals surface area contributed by atoms with E-state index in [0.29, 0.717) is 9.47 Å². The van der Waals surface area contributed by atoms with Crippen LogP contribution in [0.5, 0.6) is 0 Å². The number of furan rings is 1. The Balaban J connectivity index is 1.56. The first-order valence-corrected chi connectivity index (χ1v) is 10.6. The van der Waals surface area contributed by atoms with E-state index in [9.17, 15) is 9.59 Å². The first-order chi connectivity index (χ1) is 13.6. The Morgan fingerprint density at radius 3 is 2.46 bits per heavy atom. The number of anilines is 2. The molecule has 2 heterocycles. The average Bonchev–Trinajstić information content (AvgIpc) is 3.38. The Morgan fingerprint density at radius 2 is 1.82 bits per heavy atom. The van der Waals surface area contributed by atoms with Crippen molar-refractivity contribution in [3.8, 4) is 0 Å². The summed E-state index contributed by atoms with van der Waals surface area (Å²) in [5.74, 6) is -0.0807. The number of carbonyl (C=O) groups is 2. The zero-order valence-corrected chi connectivity index (χ0v) is 17.2. The summed E-state index contributed by atoms with van der Waals surface area (Å²) in [6.07, 6.45) is 3.13. The Hall–Kier alpha value is -2.65. The Morgan fingerprint density at radius 1 is 1.07 bits per heavy atom. The number of nitrogens with one attached hydrogen (secondary N) is 2. The van der Waals surface area contributed by atoms with Crippen molar-refractivity contribution in [2.45, 2.75) is 31.0 Å². The van der Waals surface area contributed by atoms with Crippen LogP contribution in [0, 0.1) is 0 Å². The van der Waals surface area contributed by atoms with Gasteiger partial charge in [-0.3, -0.25) is 14.9 Å². The maximum Gasteiger partial charge on any atom is 0.293 e. The lowest BCUT2D eigenvalue weighted by Gasteiger charge is -2.14. The predicted octanol–water partition coefficient (Wildman–Crippen LogP) is 4.24. The van der Waals surface area contributed by atoms with Crippen LogP contribution in [0.4, 0.5) is 10.8 Å². The highest BCUT2D eigenvalue weighted by Crippen LogP contribution is 2.27. The largest absolute Gasteiger partial charge is 0.459 e. The molecule has 0 fully saturated rings. The number of para-hydroxylation sites is 1. The first kappa shape index (κ1) is 20.1. The van der Waals surface area contributed by atoms with Crippen LogP contribution in [0.1, 0.15) is 35.5 Å². The van der Waals surface area contributed by atoms with E-state index in [1.807, 2.05) is 18.2 Å². The number of amides is 2. The Bertz CT molecular complexity index is 932. The number of benzene rings is 1. The van der Waals surface area contributed by atoms with Gasteiger partial charge in [-0.15, -0.1) is 10.2 Å². The Labute approximate surface area is 170 Å². The van der Waals surface area contributed by atoms with Crippen LogP contribution in [-0.4, -0.2) is 27.8 Å². The van der Waals surface area contributed by atoms with Crippen molar-refractivity contribution in [3.63, 3.8) is 0 Å². The zero-order valence-electron chi connectivity index (χ0n) is 15.5. The van der Waals surface area contributed by atoms with Gasteiger partial charge in [0.15, 0.2) is 10.1 Å². The molecular formula is C19H20N4O3S2. The highest BCUT2D eigenvalue weighted by molar-refractivity contribution is 8.01. The molecule has 0 spiro atoms. The summed E-state index contributed by atoms with van der Waals surface area (Å²) in [7, 11) is 0. The molecule has 0 aliphatic heterocycles. The van der Waals surface area contributed by atoms with Gasteiger partial charge in [0.1, 0.15) is 0 Å². The minimum Gasteiger partial charge on any atom is -0.459 e. The van der Waals surface area contributed by atoms with Gasteiger partial charge in [0.05, 0.1) is 12.0 Å². The van der Waals surface area contributed by atoms with Crippen LogP contribution in [0.25, 0.3) is 0 Å². The van der Waals surface area contributed by atoms with Crippen molar-refractivity contribution in [2.24, 2.45) is 0 Å². The van der Waals surface area contributed by atoms with Crippen LogP contribution in [0.3, 0.4) is 0 Å². The van der Waals surface area contributed by atoms with Gasteiger partial charge < -0.3 is 9.73 Å². The fourth-order valence-corrected chi connectivity index (χ4v) is 4.14. The normalized spacial score (nSPS) is 10.6. The van der Waals surface area contributed by atoms with E-state index < -0.39 is 5.91 Å². The molecule has 0 aliphatic carbocycles. The van der Waals surface area contributed by atoms with Crippen LogP contribution < -0.4 is 10.6 Å². The molecule has 28 heavy (non-hydrogen) atoms. The number of rotatable bonds is 8. The maximum absolute atomic E-state index is 12.4. The number of carbonyl (C=O) groups excluding carboxylic acids is 2. The maximum atomic E-state index is 12.4. The molecule has 7 nitrogen and oxygen atoms in total. The van der Waals surface area contributed by atoms with Crippen molar-refractivity contribution in [2.75, 3.05) is 16.4 Å². The van der Waals surface area contributed by atoms with E-state index in [-0.39, 0.29) is 17.4 Å². The Kier molecular flexibility index (Phi) is 6.83. The van der Waals surface area contributed by atoms with Gasteiger partial charge in [-0.1, -0.05) is 55.1 Å². The minimum atomic E-state index is -0.390.